The maximum absolute atomic E-state index is 12.5. The van der Waals surface area contributed by atoms with Crippen molar-refractivity contribution < 1.29 is 9.53 Å². The van der Waals surface area contributed by atoms with Crippen LogP contribution in [0.4, 0.5) is 5.13 Å². The van der Waals surface area contributed by atoms with E-state index in [0.29, 0.717) is 10.7 Å². The molecule has 0 unspecified atom stereocenters. The molecular weight excluding hydrogens is 384 g/mol. The molecule has 0 atom stereocenters. The number of nitrogens with one attached hydrogen (secondary N) is 1. The van der Waals surface area contributed by atoms with Gasteiger partial charge in [0.2, 0.25) is 5.88 Å². The van der Waals surface area contributed by atoms with Crippen molar-refractivity contribution in [1.29, 1.82) is 0 Å². The van der Waals surface area contributed by atoms with E-state index in [1.807, 2.05) is 11.4 Å². The summed E-state index contributed by atoms with van der Waals surface area (Å²) in [7, 11) is 3.23. The molecule has 0 spiro atoms. The second-order valence-corrected chi connectivity index (χ2v) is 7.44. The quantitative estimate of drug-likeness (QED) is 0.517. The molecular formula is C22H20N4O2S. The highest BCUT2D eigenvalue weighted by atomic mass is 32.1. The van der Waals surface area contributed by atoms with Crippen LogP contribution in [-0.4, -0.2) is 27.8 Å². The summed E-state index contributed by atoms with van der Waals surface area (Å²) < 4.78 is 6.68. The maximum atomic E-state index is 12.5. The number of carbonyl (C=O) groups excluding carboxylic acids is 1. The van der Waals surface area contributed by atoms with E-state index in [9.17, 15) is 4.79 Å². The van der Waals surface area contributed by atoms with E-state index in [4.69, 9.17) is 4.74 Å². The van der Waals surface area contributed by atoms with Gasteiger partial charge in [-0.05, 0) is 17.5 Å². The summed E-state index contributed by atoms with van der Waals surface area (Å²) in [5.74, 6) is -0.00940. The van der Waals surface area contributed by atoms with Crippen LogP contribution in [0.2, 0.25) is 0 Å². The van der Waals surface area contributed by atoms with Gasteiger partial charge in [0.1, 0.15) is 5.56 Å². The summed E-state index contributed by atoms with van der Waals surface area (Å²) in [6.07, 6.45) is 2.51. The van der Waals surface area contributed by atoms with E-state index in [1.54, 1.807) is 13.2 Å². The third kappa shape index (κ3) is 4.35. The average molecular weight is 404 g/mol. The molecule has 0 aliphatic heterocycles. The Hall–Kier alpha value is -3.45. The number of carbonyl (C=O) groups is 1. The molecule has 0 aliphatic carbocycles. The van der Waals surface area contributed by atoms with Crippen molar-refractivity contribution in [3.05, 3.63) is 82.9 Å². The van der Waals surface area contributed by atoms with Crippen molar-refractivity contribution in [2.75, 3.05) is 12.4 Å². The summed E-state index contributed by atoms with van der Waals surface area (Å²) in [4.78, 5) is 17.0. The van der Waals surface area contributed by atoms with Crippen molar-refractivity contribution in [2.45, 2.75) is 6.42 Å². The number of ether oxygens (including phenoxy) is 1. The van der Waals surface area contributed by atoms with Crippen LogP contribution in [0, 0.1) is 0 Å². The molecule has 0 radical (unpaired) electrons. The van der Waals surface area contributed by atoms with E-state index in [2.05, 4.69) is 63.9 Å². The number of rotatable bonds is 6. The zero-order valence-corrected chi connectivity index (χ0v) is 16.9. The molecule has 1 N–H and O–H groups in total. The Kier molecular flexibility index (Phi) is 5.39. The van der Waals surface area contributed by atoms with Gasteiger partial charge in [-0.2, -0.15) is 0 Å². The summed E-state index contributed by atoms with van der Waals surface area (Å²) in [6.45, 7) is 0. The number of benzene rings is 2. The minimum atomic E-state index is -0.297. The minimum absolute atomic E-state index is 0.288. The van der Waals surface area contributed by atoms with Crippen LogP contribution in [-0.2, 0) is 13.5 Å². The minimum Gasteiger partial charge on any atom is -0.479 e. The lowest BCUT2D eigenvalue weighted by Gasteiger charge is -2.03. The van der Waals surface area contributed by atoms with Gasteiger partial charge in [0, 0.05) is 24.2 Å². The van der Waals surface area contributed by atoms with Crippen LogP contribution in [0.25, 0.3) is 11.3 Å². The van der Waals surface area contributed by atoms with Crippen molar-refractivity contribution in [1.82, 2.24) is 14.8 Å². The number of anilines is 1. The van der Waals surface area contributed by atoms with Gasteiger partial charge in [-0.3, -0.25) is 14.8 Å². The van der Waals surface area contributed by atoms with Gasteiger partial charge in [-0.25, -0.2) is 4.98 Å². The maximum Gasteiger partial charge on any atom is 0.264 e. The summed E-state index contributed by atoms with van der Waals surface area (Å²) >= 11 is 1.38. The third-order valence-electron chi connectivity index (χ3n) is 4.46. The predicted molar refractivity (Wildman–Crippen MR) is 115 cm³/mol. The Balaban J connectivity index is 1.45. The number of aryl methyl sites for hydroxylation is 1. The van der Waals surface area contributed by atoms with Gasteiger partial charge in [-0.15, -0.1) is 16.4 Å². The summed E-state index contributed by atoms with van der Waals surface area (Å²) in [5, 5.41) is 9.38. The Morgan fingerprint density at radius 3 is 2.55 bits per heavy atom. The van der Waals surface area contributed by atoms with Crippen molar-refractivity contribution in [3.8, 4) is 17.1 Å². The Labute approximate surface area is 172 Å². The van der Waals surface area contributed by atoms with Crippen molar-refractivity contribution >= 4 is 22.4 Å². The molecule has 146 valence electrons. The molecule has 1 amide bonds. The Morgan fingerprint density at radius 2 is 1.83 bits per heavy atom. The fourth-order valence-corrected chi connectivity index (χ4v) is 3.74. The number of amides is 1. The number of hydrogen-bond donors (Lipinski definition) is 1. The molecule has 0 saturated heterocycles. The van der Waals surface area contributed by atoms with Crippen molar-refractivity contribution in [3.63, 3.8) is 0 Å². The molecule has 0 saturated carbocycles. The molecule has 4 aromatic rings. The number of methoxy groups -OCH3 is 1. The highest BCUT2D eigenvalue weighted by Crippen LogP contribution is 2.26. The highest BCUT2D eigenvalue weighted by molar-refractivity contribution is 7.14. The summed E-state index contributed by atoms with van der Waals surface area (Å²) in [6, 6.07) is 18.7. The van der Waals surface area contributed by atoms with Crippen LogP contribution in [0.5, 0.6) is 5.88 Å². The molecule has 2 aromatic heterocycles. The third-order valence-corrected chi connectivity index (χ3v) is 5.22. The first-order chi connectivity index (χ1) is 14.1. The topological polar surface area (TPSA) is 69.0 Å². The van der Waals surface area contributed by atoms with Crippen molar-refractivity contribution in [2.24, 2.45) is 7.05 Å². The molecule has 0 bridgehead atoms. The Morgan fingerprint density at radius 1 is 1.10 bits per heavy atom. The zero-order valence-electron chi connectivity index (χ0n) is 16.1. The lowest BCUT2D eigenvalue weighted by atomic mass is 10.0. The van der Waals surface area contributed by atoms with Gasteiger partial charge < -0.3 is 4.74 Å². The molecule has 6 nitrogen and oxygen atoms in total. The molecule has 7 heteroatoms. The first-order valence-electron chi connectivity index (χ1n) is 9.10. The predicted octanol–water partition coefficient (Wildman–Crippen LogP) is 4.40. The number of hydrogen-bond acceptors (Lipinski definition) is 5. The van der Waals surface area contributed by atoms with Gasteiger partial charge in [-0.1, -0.05) is 54.6 Å². The number of thiazole rings is 1. The van der Waals surface area contributed by atoms with Gasteiger partial charge in [0.05, 0.1) is 12.8 Å². The van der Waals surface area contributed by atoms with E-state index >= 15 is 0 Å². The second-order valence-electron chi connectivity index (χ2n) is 6.58. The Bertz CT molecular complexity index is 1120. The van der Waals surface area contributed by atoms with Gasteiger partial charge >= 0.3 is 0 Å². The zero-order chi connectivity index (χ0) is 20.2. The molecule has 0 aliphatic rings. The second kappa shape index (κ2) is 8.28. The van der Waals surface area contributed by atoms with E-state index in [0.717, 1.165) is 17.7 Å². The van der Waals surface area contributed by atoms with Crippen LogP contribution in [0.3, 0.4) is 0 Å². The standard InChI is InChI=1S/C22H20N4O2S/c1-26-13-18(21(25-26)28-2)20(27)24-22-23-19(14-29-22)17-10-8-16(9-11-17)12-15-6-4-3-5-7-15/h3-11,13-14H,12H2,1-2H3,(H,23,24,27). The number of aromatic nitrogens is 3. The lowest BCUT2D eigenvalue weighted by Crippen LogP contribution is -2.12. The normalized spacial score (nSPS) is 10.7. The fourth-order valence-electron chi connectivity index (χ4n) is 3.03. The lowest BCUT2D eigenvalue weighted by molar-refractivity contribution is 0.102. The highest BCUT2D eigenvalue weighted by Gasteiger charge is 2.18. The monoisotopic (exact) mass is 404 g/mol. The molecule has 0 fully saturated rings. The smallest absolute Gasteiger partial charge is 0.264 e. The SMILES string of the molecule is COc1nn(C)cc1C(=O)Nc1nc(-c2ccc(Cc3ccccc3)cc2)cs1. The molecule has 29 heavy (non-hydrogen) atoms. The fraction of sp³-hybridized carbons (Fsp3) is 0.136. The number of nitrogens with zero attached hydrogens (tertiary/aromatic N) is 3. The van der Waals surface area contributed by atoms with E-state index in [-0.39, 0.29) is 11.8 Å². The first kappa shape index (κ1) is 18.9. The molecule has 4 rings (SSSR count). The van der Waals surface area contributed by atoms with Crippen LogP contribution in [0.1, 0.15) is 21.5 Å². The van der Waals surface area contributed by atoms with E-state index in [1.165, 1.54) is 34.3 Å². The average Bonchev–Trinajstić information content (AvgIpc) is 3.35. The van der Waals surface area contributed by atoms with Gasteiger partial charge in [0.25, 0.3) is 5.91 Å². The molecule has 2 heterocycles. The molecule has 2 aromatic carbocycles. The summed E-state index contributed by atoms with van der Waals surface area (Å²) in [5.41, 5.74) is 4.74. The van der Waals surface area contributed by atoms with Crippen LogP contribution < -0.4 is 10.1 Å². The first-order valence-corrected chi connectivity index (χ1v) is 9.98. The van der Waals surface area contributed by atoms with Gasteiger partial charge in [0.15, 0.2) is 5.13 Å². The largest absolute Gasteiger partial charge is 0.479 e. The van der Waals surface area contributed by atoms with Crippen LogP contribution >= 0.6 is 11.3 Å². The van der Waals surface area contributed by atoms with E-state index < -0.39 is 0 Å². The van der Waals surface area contributed by atoms with Crippen LogP contribution in [0.15, 0.2) is 66.2 Å².